The summed E-state index contributed by atoms with van der Waals surface area (Å²) in [5, 5.41) is 9.84. The molecule has 10 nitrogen and oxygen atoms in total. The number of anilines is 2. The summed E-state index contributed by atoms with van der Waals surface area (Å²) in [5.41, 5.74) is 2.21. The predicted octanol–water partition coefficient (Wildman–Crippen LogP) is 5.21. The highest BCUT2D eigenvalue weighted by Crippen LogP contribution is 2.46. The zero-order chi connectivity index (χ0) is 30.8. The van der Waals surface area contributed by atoms with Crippen LogP contribution in [0.4, 0.5) is 16.3 Å². The lowest BCUT2D eigenvalue weighted by atomic mass is 9.84. The molecule has 222 valence electrons. The number of carbonyl (C=O) groups is 3. The van der Waals surface area contributed by atoms with Gasteiger partial charge in [0.15, 0.2) is 8.24 Å². The van der Waals surface area contributed by atoms with Gasteiger partial charge in [-0.2, -0.15) is 0 Å². The van der Waals surface area contributed by atoms with Crippen LogP contribution < -0.4 is 14.5 Å². The van der Waals surface area contributed by atoms with Crippen molar-refractivity contribution < 1.29 is 24.2 Å². The standard InChI is InChI=1S/C31H39N5O5Si/c1-31(2,3)42(6,7)36-27(29(38)34(4)23-13-15-32-16-14-23)25(28(36)37)18-22-12-17-33-26(19-22)35(30(39)40)20-21-8-10-24(41-5)11-9-21/h8-17,19,25,27H,18,20H2,1-7H3,(H,39,40)/t25-,27+/m1/s1. The lowest BCUT2D eigenvalue weighted by molar-refractivity contribution is -0.154. The maximum Gasteiger partial charge on any atom is 0.413 e. The van der Waals surface area contributed by atoms with Gasteiger partial charge in [-0.25, -0.2) is 9.78 Å². The molecular formula is C31H39N5O5Si. The van der Waals surface area contributed by atoms with Crippen molar-refractivity contribution in [3.8, 4) is 5.75 Å². The van der Waals surface area contributed by atoms with Gasteiger partial charge in [0.05, 0.1) is 19.6 Å². The van der Waals surface area contributed by atoms with E-state index in [1.807, 2.05) is 4.57 Å². The summed E-state index contributed by atoms with van der Waals surface area (Å²) >= 11 is 0. The Morgan fingerprint density at radius 3 is 2.24 bits per heavy atom. The minimum atomic E-state index is -2.39. The van der Waals surface area contributed by atoms with E-state index in [1.165, 1.54) is 0 Å². The first-order chi connectivity index (χ1) is 19.8. The summed E-state index contributed by atoms with van der Waals surface area (Å²) < 4.78 is 7.05. The van der Waals surface area contributed by atoms with Crippen LogP contribution in [0.2, 0.25) is 18.1 Å². The first-order valence-corrected chi connectivity index (χ1v) is 16.8. The molecule has 1 fully saturated rings. The van der Waals surface area contributed by atoms with E-state index in [2.05, 4.69) is 43.8 Å². The monoisotopic (exact) mass is 589 g/mol. The van der Waals surface area contributed by atoms with E-state index in [-0.39, 0.29) is 35.6 Å². The van der Waals surface area contributed by atoms with Gasteiger partial charge in [0.2, 0.25) is 11.8 Å². The number of amides is 3. The minimum absolute atomic E-state index is 0.0465. The van der Waals surface area contributed by atoms with Crippen molar-refractivity contribution in [3.63, 3.8) is 0 Å². The zero-order valence-electron chi connectivity index (χ0n) is 25.2. The Morgan fingerprint density at radius 1 is 1.02 bits per heavy atom. The molecule has 0 bridgehead atoms. The van der Waals surface area contributed by atoms with Crippen LogP contribution in [0.15, 0.2) is 67.1 Å². The van der Waals surface area contributed by atoms with E-state index >= 15 is 0 Å². The van der Waals surface area contributed by atoms with Crippen LogP contribution in [0.25, 0.3) is 0 Å². The SMILES string of the molecule is COc1ccc(CN(C(=O)O)c2cc(C[C@H]3C(=O)N([Si](C)(C)C(C)(C)C)[C@@H]3C(=O)N(C)c3ccncc3)ccn2)cc1. The number of benzene rings is 1. The molecule has 0 aliphatic carbocycles. The quantitative estimate of drug-likeness (QED) is 0.269. The number of likely N-dealkylation sites (N-methyl/N-ethyl adjacent to an activating group) is 1. The third kappa shape index (κ3) is 6.01. The molecule has 1 aromatic carbocycles. The van der Waals surface area contributed by atoms with E-state index in [0.717, 1.165) is 16.0 Å². The van der Waals surface area contributed by atoms with Crippen LogP contribution in [-0.2, 0) is 22.6 Å². The number of ether oxygens (including phenoxy) is 1. The van der Waals surface area contributed by atoms with Gasteiger partial charge >= 0.3 is 6.09 Å². The summed E-state index contributed by atoms with van der Waals surface area (Å²) in [7, 11) is 0.896. The summed E-state index contributed by atoms with van der Waals surface area (Å²) in [4.78, 5) is 51.2. The van der Waals surface area contributed by atoms with E-state index in [9.17, 15) is 19.5 Å². The molecular weight excluding hydrogens is 550 g/mol. The first-order valence-electron chi connectivity index (χ1n) is 13.9. The fourth-order valence-corrected chi connectivity index (χ4v) is 7.48. The number of β-lactam (4-membered cyclic amide) rings is 1. The van der Waals surface area contributed by atoms with Crippen LogP contribution in [-0.4, -0.2) is 66.0 Å². The van der Waals surface area contributed by atoms with E-state index in [1.54, 1.807) is 86.2 Å². The molecule has 3 aromatic rings. The second-order valence-corrected chi connectivity index (χ2v) is 17.2. The van der Waals surface area contributed by atoms with Crippen molar-refractivity contribution in [1.82, 2.24) is 14.5 Å². The number of pyridine rings is 2. The number of carboxylic acid groups (broad SMARTS) is 1. The molecule has 0 spiro atoms. The molecule has 11 heteroatoms. The van der Waals surface area contributed by atoms with E-state index in [4.69, 9.17) is 4.74 Å². The molecule has 1 saturated heterocycles. The zero-order valence-corrected chi connectivity index (χ0v) is 26.2. The Morgan fingerprint density at radius 2 is 1.67 bits per heavy atom. The van der Waals surface area contributed by atoms with Gasteiger partial charge in [-0.1, -0.05) is 46.0 Å². The number of methoxy groups -OCH3 is 1. The first kappa shape index (κ1) is 30.7. The molecule has 0 saturated carbocycles. The van der Waals surface area contributed by atoms with E-state index < -0.39 is 26.3 Å². The smallest absolute Gasteiger partial charge is 0.413 e. The van der Waals surface area contributed by atoms with Crippen LogP contribution in [0.5, 0.6) is 5.75 Å². The van der Waals surface area contributed by atoms with Gasteiger partial charge in [0, 0.05) is 31.3 Å². The molecule has 0 unspecified atom stereocenters. The highest BCUT2D eigenvalue weighted by atomic mass is 28.3. The summed E-state index contributed by atoms with van der Waals surface area (Å²) in [6, 6.07) is 13.5. The third-order valence-electron chi connectivity index (χ3n) is 8.56. The second-order valence-electron chi connectivity index (χ2n) is 12.1. The topological polar surface area (TPSA) is 116 Å². The van der Waals surface area contributed by atoms with Crippen LogP contribution in [0.1, 0.15) is 31.9 Å². The Labute approximate surface area is 248 Å². The summed E-state index contributed by atoms with van der Waals surface area (Å²) in [6.07, 6.45) is 3.95. The summed E-state index contributed by atoms with van der Waals surface area (Å²) in [5.74, 6) is 0.148. The van der Waals surface area contributed by atoms with Gasteiger partial charge in [-0.15, -0.1) is 0 Å². The Kier molecular flexibility index (Phi) is 8.72. The van der Waals surface area contributed by atoms with Crippen molar-refractivity contribution in [2.24, 2.45) is 5.92 Å². The maximum absolute atomic E-state index is 14.0. The fourth-order valence-electron chi connectivity index (χ4n) is 5.06. The van der Waals surface area contributed by atoms with Crippen molar-refractivity contribution >= 4 is 37.6 Å². The predicted molar refractivity (Wildman–Crippen MR) is 164 cm³/mol. The molecule has 1 N–H and O–H groups in total. The second kappa shape index (κ2) is 11.9. The largest absolute Gasteiger partial charge is 0.497 e. The van der Waals surface area contributed by atoms with Crippen molar-refractivity contribution in [2.75, 3.05) is 24.0 Å². The number of hydrogen-bond acceptors (Lipinski definition) is 6. The van der Waals surface area contributed by atoms with Crippen LogP contribution >= 0.6 is 0 Å². The fraction of sp³-hybridized carbons (Fsp3) is 0.387. The third-order valence-corrected chi connectivity index (χ3v) is 13.9. The lowest BCUT2D eigenvalue weighted by Gasteiger charge is -2.58. The van der Waals surface area contributed by atoms with Gasteiger partial charge in [-0.05, 0) is 59.0 Å². The molecule has 4 rings (SSSR count). The molecule has 2 atom stereocenters. The molecule has 3 amide bonds. The van der Waals surface area contributed by atoms with Crippen LogP contribution in [0, 0.1) is 5.92 Å². The number of hydrogen-bond donors (Lipinski definition) is 1. The lowest BCUT2D eigenvalue weighted by Crippen LogP contribution is -2.76. The molecule has 0 radical (unpaired) electrons. The van der Waals surface area contributed by atoms with Crippen molar-refractivity contribution in [3.05, 3.63) is 78.2 Å². The Hall–Kier alpha value is -4.25. The van der Waals surface area contributed by atoms with Crippen molar-refractivity contribution in [1.29, 1.82) is 0 Å². The van der Waals surface area contributed by atoms with E-state index in [0.29, 0.717) is 11.4 Å². The minimum Gasteiger partial charge on any atom is -0.497 e. The van der Waals surface area contributed by atoms with Gasteiger partial charge in [0.1, 0.15) is 17.6 Å². The number of rotatable bonds is 9. The molecule has 1 aliphatic heterocycles. The highest BCUT2D eigenvalue weighted by Gasteiger charge is 2.60. The van der Waals surface area contributed by atoms with Crippen molar-refractivity contribution in [2.45, 2.75) is 57.9 Å². The molecule has 42 heavy (non-hydrogen) atoms. The number of nitrogens with zero attached hydrogens (tertiary/aromatic N) is 5. The average molecular weight is 590 g/mol. The number of aromatic nitrogens is 2. The van der Waals surface area contributed by atoms with Gasteiger partial charge < -0.3 is 19.3 Å². The average Bonchev–Trinajstić information content (AvgIpc) is 2.96. The highest BCUT2D eigenvalue weighted by molar-refractivity contribution is 6.80. The molecule has 3 heterocycles. The number of carbonyl (C=O) groups excluding carboxylic acids is 2. The van der Waals surface area contributed by atoms with Gasteiger partial charge in [-0.3, -0.25) is 19.5 Å². The molecule has 1 aliphatic rings. The Bertz CT molecular complexity index is 1440. The Balaban J connectivity index is 1.63. The summed E-state index contributed by atoms with van der Waals surface area (Å²) in [6.45, 7) is 10.7. The normalized spacial score (nSPS) is 16.9. The van der Waals surface area contributed by atoms with Crippen LogP contribution in [0.3, 0.4) is 0 Å². The molecule has 2 aromatic heterocycles. The maximum atomic E-state index is 14.0. The van der Waals surface area contributed by atoms with Gasteiger partial charge in [0.25, 0.3) is 0 Å².